The van der Waals surface area contributed by atoms with Crippen LogP contribution in [0.1, 0.15) is 10.4 Å². The van der Waals surface area contributed by atoms with Gasteiger partial charge in [0.05, 0.1) is 10.1 Å². The van der Waals surface area contributed by atoms with E-state index in [0.717, 1.165) is 4.70 Å². The average molecular weight is 305 g/mol. The van der Waals surface area contributed by atoms with Crippen LogP contribution in [0.15, 0.2) is 47.3 Å². The van der Waals surface area contributed by atoms with Gasteiger partial charge in [0.15, 0.2) is 0 Å². The number of fused-ring (bicyclic) bond motifs is 1. The van der Waals surface area contributed by atoms with Gasteiger partial charge in [-0.15, -0.1) is 0 Å². The van der Waals surface area contributed by atoms with E-state index in [1.807, 2.05) is 0 Å². The fourth-order valence-electron chi connectivity index (χ4n) is 1.86. The summed E-state index contributed by atoms with van der Waals surface area (Å²) in [7, 11) is 0. The summed E-state index contributed by atoms with van der Waals surface area (Å²) in [5.41, 5.74) is 0.895. The van der Waals surface area contributed by atoms with Crippen LogP contribution in [0.2, 0.25) is 5.02 Å². The van der Waals surface area contributed by atoms with E-state index in [1.165, 1.54) is 11.5 Å². The minimum atomic E-state index is -0.265. The van der Waals surface area contributed by atoms with Crippen molar-refractivity contribution in [3.05, 3.63) is 63.4 Å². The molecule has 3 aromatic rings. The van der Waals surface area contributed by atoms with Gasteiger partial charge < -0.3 is 5.32 Å². The second kappa shape index (κ2) is 5.11. The van der Waals surface area contributed by atoms with Crippen molar-refractivity contribution in [3.8, 4) is 0 Å². The summed E-state index contributed by atoms with van der Waals surface area (Å²) in [6.45, 7) is 0. The molecule has 0 atom stereocenters. The molecule has 0 aliphatic rings. The molecule has 0 unspecified atom stereocenters. The van der Waals surface area contributed by atoms with Crippen LogP contribution in [0.5, 0.6) is 0 Å². The molecule has 20 heavy (non-hydrogen) atoms. The van der Waals surface area contributed by atoms with E-state index in [9.17, 15) is 9.59 Å². The average Bonchev–Trinajstić information content (AvgIpc) is 2.80. The van der Waals surface area contributed by atoms with Gasteiger partial charge in [0, 0.05) is 16.3 Å². The molecule has 0 bridgehead atoms. The number of benzene rings is 2. The number of hydrogen-bond donors (Lipinski definition) is 2. The van der Waals surface area contributed by atoms with Crippen molar-refractivity contribution in [1.29, 1.82) is 0 Å². The van der Waals surface area contributed by atoms with Crippen LogP contribution in [-0.2, 0) is 0 Å². The van der Waals surface area contributed by atoms with E-state index in [2.05, 4.69) is 9.69 Å². The lowest BCUT2D eigenvalue weighted by Gasteiger charge is -2.05. The molecular formula is C14H9ClN2O2S. The number of H-pyrrole nitrogens is 1. The lowest BCUT2D eigenvalue weighted by molar-refractivity contribution is 0.102. The molecule has 2 aromatic carbocycles. The lowest BCUT2D eigenvalue weighted by Crippen LogP contribution is -2.11. The Morgan fingerprint density at radius 3 is 2.85 bits per heavy atom. The van der Waals surface area contributed by atoms with E-state index in [4.69, 9.17) is 11.6 Å². The molecule has 100 valence electrons. The zero-order chi connectivity index (χ0) is 14.1. The number of halogens is 1. The second-order valence-corrected chi connectivity index (χ2v) is 5.49. The van der Waals surface area contributed by atoms with E-state index < -0.39 is 0 Å². The van der Waals surface area contributed by atoms with Crippen molar-refractivity contribution >= 4 is 44.8 Å². The van der Waals surface area contributed by atoms with Crippen molar-refractivity contribution in [3.63, 3.8) is 0 Å². The number of amides is 1. The Bertz CT molecular complexity index is 854. The highest BCUT2D eigenvalue weighted by Gasteiger charge is 2.08. The highest BCUT2D eigenvalue weighted by atomic mass is 35.5. The van der Waals surface area contributed by atoms with Gasteiger partial charge in [0.1, 0.15) is 0 Å². The van der Waals surface area contributed by atoms with Crippen LogP contribution in [0.4, 0.5) is 5.69 Å². The minimum absolute atomic E-state index is 0.149. The molecule has 1 aromatic heterocycles. The Hall–Kier alpha value is -2.11. The maximum Gasteiger partial charge on any atom is 0.265 e. The number of aromatic nitrogens is 1. The van der Waals surface area contributed by atoms with Gasteiger partial charge in [-0.1, -0.05) is 29.2 Å². The zero-order valence-electron chi connectivity index (χ0n) is 10.1. The van der Waals surface area contributed by atoms with Crippen LogP contribution in [0, 0.1) is 0 Å². The standard InChI is InChI=1S/C14H9ClN2O2S/c15-9-3-1-2-8(6-9)13(18)16-10-4-5-12-11(7-10)14(19)17-20-12/h1-7H,(H,16,18)(H,17,19). The predicted molar refractivity (Wildman–Crippen MR) is 81.9 cm³/mol. The first-order valence-electron chi connectivity index (χ1n) is 5.81. The summed E-state index contributed by atoms with van der Waals surface area (Å²) in [5.74, 6) is -0.265. The van der Waals surface area contributed by atoms with E-state index >= 15 is 0 Å². The fraction of sp³-hybridized carbons (Fsp3) is 0. The van der Waals surface area contributed by atoms with Gasteiger partial charge in [-0.3, -0.25) is 14.0 Å². The van der Waals surface area contributed by atoms with Gasteiger partial charge in [-0.2, -0.15) is 0 Å². The molecule has 0 radical (unpaired) electrons. The maximum absolute atomic E-state index is 12.1. The highest BCUT2D eigenvalue weighted by molar-refractivity contribution is 7.13. The summed E-state index contributed by atoms with van der Waals surface area (Å²) in [4.78, 5) is 23.6. The normalized spacial score (nSPS) is 10.7. The fourth-order valence-corrected chi connectivity index (χ4v) is 2.76. The molecule has 0 aliphatic carbocycles. The molecule has 0 fully saturated rings. The van der Waals surface area contributed by atoms with Gasteiger partial charge in [-0.05, 0) is 36.4 Å². The Morgan fingerprint density at radius 1 is 1.20 bits per heavy atom. The third-order valence-corrected chi connectivity index (χ3v) is 3.92. The molecular weight excluding hydrogens is 296 g/mol. The summed E-state index contributed by atoms with van der Waals surface area (Å²) in [5, 5.41) is 3.82. The quantitative estimate of drug-likeness (QED) is 0.761. The molecule has 6 heteroatoms. The topological polar surface area (TPSA) is 62.0 Å². The number of aromatic amines is 1. The molecule has 3 rings (SSSR count). The molecule has 1 amide bonds. The summed E-state index contributed by atoms with van der Waals surface area (Å²) in [6.07, 6.45) is 0. The monoisotopic (exact) mass is 304 g/mol. The van der Waals surface area contributed by atoms with Crippen molar-refractivity contribution < 1.29 is 4.79 Å². The van der Waals surface area contributed by atoms with E-state index in [-0.39, 0.29) is 11.5 Å². The van der Waals surface area contributed by atoms with Crippen molar-refractivity contribution in [2.45, 2.75) is 0 Å². The third kappa shape index (κ3) is 2.45. The first kappa shape index (κ1) is 12.9. The maximum atomic E-state index is 12.1. The molecule has 1 heterocycles. The second-order valence-electron chi connectivity index (χ2n) is 4.21. The number of carbonyl (C=O) groups is 1. The Labute approximate surface area is 123 Å². The van der Waals surface area contributed by atoms with E-state index in [0.29, 0.717) is 21.7 Å². The summed E-state index contributed by atoms with van der Waals surface area (Å²) in [6, 6.07) is 11.9. The number of anilines is 1. The van der Waals surface area contributed by atoms with Crippen LogP contribution in [0.3, 0.4) is 0 Å². The van der Waals surface area contributed by atoms with Gasteiger partial charge >= 0.3 is 0 Å². The van der Waals surface area contributed by atoms with Crippen LogP contribution >= 0.6 is 23.1 Å². The first-order chi connectivity index (χ1) is 9.63. The zero-order valence-corrected chi connectivity index (χ0v) is 11.7. The van der Waals surface area contributed by atoms with Crippen molar-refractivity contribution in [2.24, 2.45) is 0 Å². The number of hydrogen-bond acceptors (Lipinski definition) is 3. The number of carbonyl (C=O) groups excluding carboxylic acids is 1. The molecule has 0 aliphatic heterocycles. The van der Waals surface area contributed by atoms with Crippen LogP contribution in [0.25, 0.3) is 10.1 Å². The van der Waals surface area contributed by atoms with Gasteiger partial charge in [-0.25, -0.2) is 0 Å². The van der Waals surface area contributed by atoms with Crippen LogP contribution < -0.4 is 10.9 Å². The molecule has 0 saturated carbocycles. The number of rotatable bonds is 2. The first-order valence-corrected chi connectivity index (χ1v) is 7.01. The predicted octanol–water partition coefficient (Wildman–Crippen LogP) is 3.50. The Kier molecular flexibility index (Phi) is 3.30. The molecule has 4 nitrogen and oxygen atoms in total. The molecule has 2 N–H and O–H groups in total. The van der Waals surface area contributed by atoms with Crippen LogP contribution in [-0.4, -0.2) is 10.3 Å². The minimum Gasteiger partial charge on any atom is -0.322 e. The van der Waals surface area contributed by atoms with Gasteiger partial charge in [0.25, 0.3) is 11.5 Å². The van der Waals surface area contributed by atoms with Crippen molar-refractivity contribution in [2.75, 3.05) is 5.32 Å². The smallest absolute Gasteiger partial charge is 0.265 e. The molecule has 0 saturated heterocycles. The van der Waals surface area contributed by atoms with Crippen molar-refractivity contribution in [1.82, 2.24) is 4.37 Å². The number of nitrogens with one attached hydrogen (secondary N) is 2. The largest absolute Gasteiger partial charge is 0.322 e. The highest BCUT2D eigenvalue weighted by Crippen LogP contribution is 2.20. The Morgan fingerprint density at radius 2 is 2.05 bits per heavy atom. The lowest BCUT2D eigenvalue weighted by atomic mass is 10.2. The Balaban J connectivity index is 1.91. The molecule has 0 spiro atoms. The summed E-state index contributed by atoms with van der Waals surface area (Å²) < 4.78 is 3.51. The SMILES string of the molecule is O=C(Nc1ccc2s[nH]c(=O)c2c1)c1cccc(Cl)c1. The van der Waals surface area contributed by atoms with E-state index in [1.54, 1.807) is 42.5 Å². The summed E-state index contributed by atoms with van der Waals surface area (Å²) >= 11 is 7.12. The third-order valence-electron chi connectivity index (χ3n) is 2.82. The van der Waals surface area contributed by atoms with Gasteiger partial charge in [0.2, 0.25) is 0 Å².